The van der Waals surface area contributed by atoms with Crippen LogP contribution >= 0.6 is 11.3 Å². The molecule has 3 aromatic rings. The number of thiophene rings is 1. The Hall–Kier alpha value is -2.28. The molecule has 0 unspecified atom stereocenters. The Bertz CT molecular complexity index is 1370. The second-order valence-electron chi connectivity index (χ2n) is 10.2. The monoisotopic (exact) mass is 560 g/mol. The molecule has 0 aliphatic carbocycles. The number of hydrogen-bond acceptors (Lipinski definition) is 7. The van der Waals surface area contributed by atoms with Gasteiger partial charge in [-0.1, -0.05) is 0 Å². The zero-order valence-electron chi connectivity index (χ0n) is 21.5. The first-order valence-corrected chi connectivity index (χ1v) is 15.7. The number of carbonyl (C=O) groups is 1. The van der Waals surface area contributed by atoms with Crippen LogP contribution in [-0.2, 0) is 32.6 Å². The first-order valence-electron chi connectivity index (χ1n) is 13.2. The van der Waals surface area contributed by atoms with Crippen LogP contribution in [0.5, 0.6) is 0 Å². The van der Waals surface area contributed by atoms with E-state index in [1.165, 1.54) is 11.3 Å². The largest absolute Gasteiger partial charge is 0.391 e. The highest BCUT2D eigenvalue weighted by Gasteiger charge is 2.30. The third-order valence-electron chi connectivity index (χ3n) is 7.64. The average molecular weight is 561 g/mol. The minimum Gasteiger partial charge on any atom is -0.391 e. The van der Waals surface area contributed by atoms with E-state index in [0.29, 0.717) is 19.5 Å². The Morgan fingerprint density at radius 3 is 2.61 bits per heavy atom. The summed E-state index contributed by atoms with van der Waals surface area (Å²) < 4.78 is 33.1. The van der Waals surface area contributed by atoms with E-state index in [-0.39, 0.29) is 24.7 Å². The molecule has 9 nitrogen and oxygen atoms in total. The van der Waals surface area contributed by atoms with Crippen molar-refractivity contribution in [3.8, 4) is 10.4 Å². The van der Waals surface area contributed by atoms with Crippen molar-refractivity contribution in [3.63, 3.8) is 0 Å². The Kier molecular flexibility index (Phi) is 8.51. The molecule has 2 aliphatic heterocycles. The lowest BCUT2D eigenvalue weighted by Gasteiger charge is -2.32. The van der Waals surface area contributed by atoms with Crippen LogP contribution < -0.4 is 5.73 Å². The smallest absolute Gasteiger partial charge is 0.221 e. The van der Waals surface area contributed by atoms with Crippen LogP contribution in [0.1, 0.15) is 41.2 Å². The van der Waals surface area contributed by atoms with E-state index >= 15 is 0 Å². The standard InChI is InChI=1S/C27H36N4O5S2/c28-26(33)16-21-14-20(25-3-2-22(18-32)37-25)15-23-24(17-29-27(21)23)19-4-7-31(8-5-19)38(34,35)13-1-6-30-9-11-36-12-10-30/h2-3,14-15,17,19,29,32H,1,4-13,16,18H2,(H2,28,33). The fourth-order valence-corrected chi connectivity index (χ4v) is 8.00. The van der Waals surface area contributed by atoms with Gasteiger partial charge in [-0.25, -0.2) is 12.7 Å². The van der Waals surface area contributed by atoms with Gasteiger partial charge in [0.2, 0.25) is 15.9 Å². The molecule has 38 heavy (non-hydrogen) atoms. The number of piperidine rings is 1. The van der Waals surface area contributed by atoms with E-state index in [9.17, 15) is 18.3 Å². The molecule has 0 spiro atoms. The summed E-state index contributed by atoms with van der Waals surface area (Å²) in [7, 11) is -3.28. The molecule has 2 fully saturated rings. The molecule has 2 aliphatic rings. The summed E-state index contributed by atoms with van der Waals surface area (Å²) in [5, 5.41) is 10.5. The zero-order valence-corrected chi connectivity index (χ0v) is 23.2. The lowest BCUT2D eigenvalue weighted by atomic mass is 9.89. The van der Waals surface area contributed by atoms with Crippen molar-refractivity contribution < 1.29 is 23.1 Å². The highest BCUT2D eigenvalue weighted by molar-refractivity contribution is 7.89. The summed E-state index contributed by atoms with van der Waals surface area (Å²) in [5.41, 5.74) is 9.44. The summed E-state index contributed by atoms with van der Waals surface area (Å²) in [6, 6.07) is 8.02. The summed E-state index contributed by atoms with van der Waals surface area (Å²) in [4.78, 5) is 19.4. The van der Waals surface area contributed by atoms with E-state index in [1.807, 2.05) is 24.4 Å². The number of ether oxygens (including phenoxy) is 1. The SMILES string of the molecule is NC(=O)Cc1cc(-c2ccc(CO)s2)cc2c(C3CCN(S(=O)(=O)CCCN4CCOCC4)CC3)c[nH]c12. The number of aliphatic hydroxyl groups is 1. The number of primary amides is 1. The highest BCUT2D eigenvalue weighted by Crippen LogP contribution is 2.38. The van der Waals surface area contributed by atoms with Gasteiger partial charge in [-0.2, -0.15) is 0 Å². The third kappa shape index (κ3) is 6.13. The van der Waals surface area contributed by atoms with Crippen molar-refractivity contribution >= 4 is 38.2 Å². The average Bonchev–Trinajstić information content (AvgIpc) is 3.57. The molecular weight excluding hydrogens is 524 g/mol. The van der Waals surface area contributed by atoms with Crippen molar-refractivity contribution in [2.24, 2.45) is 5.73 Å². The van der Waals surface area contributed by atoms with Gasteiger partial charge in [0.15, 0.2) is 0 Å². The molecule has 1 aromatic carbocycles. The third-order valence-corrected chi connectivity index (χ3v) is 10.7. The van der Waals surface area contributed by atoms with Crippen molar-refractivity contribution in [2.75, 3.05) is 51.7 Å². The van der Waals surface area contributed by atoms with Gasteiger partial charge in [0.25, 0.3) is 0 Å². The molecule has 0 bridgehead atoms. The van der Waals surface area contributed by atoms with Crippen molar-refractivity contribution in [1.82, 2.24) is 14.2 Å². The van der Waals surface area contributed by atoms with Crippen molar-refractivity contribution in [3.05, 3.63) is 46.5 Å². The number of nitrogens with two attached hydrogens (primary N) is 1. The van der Waals surface area contributed by atoms with Crippen molar-refractivity contribution in [2.45, 2.75) is 38.2 Å². The molecule has 2 saturated heterocycles. The summed E-state index contributed by atoms with van der Waals surface area (Å²) >= 11 is 1.53. The molecule has 11 heteroatoms. The van der Waals surface area contributed by atoms with Crippen LogP contribution in [0.15, 0.2) is 30.5 Å². The van der Waals surface area contributed by atoms with E-state index in [4.69, 9.17) is 10.5 Å². The van der Waals surface area contributed by atoms with Crippen LogP contribution in [0.2, 0.25) is 0 Å². The van der Waals surface area contributed by atoms with E-state index in [0.717, 1.165) is 83.0 Å². The molecule has 4 heterocycles. The predicted molar refractivity (Wildman–Crippen MR) is 150 cm³/mol. The lowest BCUT2D eigenvalue weighted by molar-refractivity contribution is -0.117. The number of H-pyrrole nitrogens is 1. The Morgan fingerprint density at radius 2 is 1.92 bits per heavy atom. The number of benzene rings is 1. The summed E-state index contributed by atoms with van der Waals surface area (Å²) in [6.45, 7) is 4.97. The molecule has 0 saturated carbocycles. The minimum absolute atomic E-state index is 0.00877. The summed E-state index contributed by atoms with van der Waals surface area (Å²) in [6.07, 6.45) is 4.27. The number of carbonyl (C=O) groups excluding carboxylic acids is 1. The number of fused-ring (bicyclic) bond motifs is 1. The summed E-state index contributed by atoms with van der Waals surface area (Å²) in [5.74, 6) is 0.00372. The first-order chi connectivity index (χ1) is 18.3. The highest BCUT2D eigenvalue weighted by atomic mass is 32.2. The van der Waals surface area contributed by atoms with E-state index < -0.39 is 15.9 Å². The number of hydrogen-bond donors (Lipinski definition) is 3. The molecule has 2 aromatic heterocycles. The second kappa shape index (κ2) is 11.8. The van der Waals surface area contributed by atoms with Crippen LogP contribution in [0.4, 0.5) is 0 Å². The van der Waals surface area contributed by atoms with Gasteiger partial charge in [-0.3, -0.25) is 9.69 Å². The Labute approximate surface area is 227 Å². The number of morpholine rings is 1. The van der Waals surface area contributed by atoms with Gasteiger partial charge in [-0.15, -0.1) is 11.3 Å². The number of aromatic amines is 1. The molecule has 1 amide bonds. The van der Waals surface area contributed by atoms with Gasteiger partial charge in [-0.05, 0) is 72.7 Å². The number of nitrogens with zero attached hydrogens (tertiary/aromatic N) is 2. The van der Waals surface area contributed by atoms with Crippen LogP contribution in [-0.4, -0.2) is 85.3 Å². The quantitative estimate of drug-likeness (QED) is 0.350. The zero-order chi connectivity index (χ0) is 26.7. The van der Waals surface area contributed by atoms with Crippen LogP contribution in [0.25, 0.3) is 21.3 Å². The maximum absolute atomic E-state index is 13.0. The van der Waals surface area contributed by atoms with Gasteiger partial charge in [0.1, 0.15) is 0 Å². The second-order valence-corrected chi connectivity index (χ2v) is 13.4. The minimum atomic E-state index is -3.28. The Balaban J connectivity index is 1.30. The topological polar surface area (TPSA) is 129 Å². The fraction of sp³-hybridized carbons (Fsp3) is 0.519. The number of sulfonamides is 1. The number of nitrogens with one attached hydrogen (secondary N) is 1. The number of amides is 1. The maximum Gasteiger partial charge on any atom is 0.221 e. The molecular formula is C27H36N4O5S2. The van der Waals surface area contributed by atoms with Gasteiger partial charge in [0, 0.05) is 53.0 Å². The molecule has 4 N–H and O–H groups in total. The van der Waals surface area contributed by atoms with E-state index in [2.05, 4.69) is 16.0 Å². The fourth-order valence-electron chi connectivity index (χ4n) is 5.62. The van der Waals surface area contributed by atoms with Gasteiger partial charge in [0.05, 0.1) is 32.0 Å². The molecule has 0 atom stereocenters. The molecule has 5 rings (SSSR count). The maximum atomic E-state index is 13.0. The normalized spacial score (nSPS) is 18.3. The number of aromatic nitrogens is 1. The van der Waals surface area contributed by atoms with Crippen molar-refractivity contribution in [1.29, 1.82) is 0 Å². The van der Waals surface area contributed by atoms with E-state index in [1.54, 1.807) is 4.31 Å². The molecule has 0 radical (unpaired) electrons. The van der Waals surface area contributed by atoms with Crippen LogP contribution in [0.3, 0.4) is 0 Å². The number of rotatable bonds is 10. The first kappa shape index (κ1) is 27.3. The lowest BCUT2D eigenvalue weighted by Crippen LogP contribution is -2.41. The Morgan fingerprint density at radius 1 is 1.16 bits per heavy atom. The van der Waals surface area contributed by atoms with Gasteiger partial charge < -0.3 is 20.6 Å². The van der Waals surface area contributed by atoms with Crippen LogP contribution in [0, 0.1) is 0 Å². The number of aliphatic hydroxyl groups excluding tert-OH is 1. The predicted octanol–water partition coefficient (Wildman–Crippen LogP) is 2.65. The van der Waals surface area contributed by atoms with Gasteiger partial charge >= 0.3 is 0 Å². The molecule has 206 valence electrons.